The van der Waals surface area contributed by atoms with Gasteiger partial charge in [0.15, 0.2) is 11.6 Å². The standard InChI is InChI=1S/C19H26F2N2O2/c20-17-7-6-15(13-18(17)21)4-5-16-3-1-9-22(14-16)19(24)8-11-23-10-2-12-25-23/h6-7,13,16H,1-5,8-12,14H2/t16-/m0/s1. The molecule has 0 aliphatic carbocycles. The molecule has 0 saturated carbocycles. The Hall–Kier alpha value is -1.53. The molecule has 1 aromatic rings. The summed E-state index contributed by atoms with van der Waals surface area (Å²) in [7, 11) is 0. The van der Waals surface area contributed by atoms with Crippen LogP contribution >= 0.6 is 0 Å². The Labute approximate surface area is 147 Å². The maximum Gasteiger partial charge on any atom is 0.223 e. The fraction of sp³-hybridized carbons (Fsp3) is 0.632. The number of amides is 1. The van der Waals surface area contributed by atoms with E-state index >= 15 is 0 Å². The number of hydrogen-bond donors (Lipinski definition) is 0. The molecule has 2 saturated heterocycles. The molecule has 138 valence electrons. The summed E-state index contributed by atoms with van der Waals surface area (Å²) in [5.74, 6) is -0.982. The highest BCUT2D eigenvalue weighted by atomic mass is 19.2. The van der Waals surface area contributed by atoms with Gasteiger partial charge in [-0.25, -0.2) is 8.78 Å². The molecule has 0 radical (unpaired) electrons. The van der Waals surface area contributed by atoms with Gasteiger partial charge in [-0.05, 0) is 55.7 Å². The fourth-order valence-electron chi connectivity index (χ4n) is 3.65. The van der Waals surface area contributed by atoms with Gasteiger partial charge in [-0.15, -0.1) is 0 Å². The zero-order chi connectivity index (χ0) is 17.6. The molecule has 1 aromatic carbocycles. The molecular formula is C19H26F2N2O2. The van der Waals surface area contributed by atoms with Crippen molar-refractivity contribution in [3.05, 3.63) is 35.4 Å². The van der Waals surface area contributed by atoms with E-state index in [1.165, 1.54) is 12.1 Å². The van der Waals surface area contributed by atoms with E-state index in [1.54, 1.807) is 6.07 Å². The van der Waals surface area contributed by atoms with Crippen LogP contribution in [0.15, 0.2) is 18.2 Å². The van der Waals surface area contributed by atoms with Crippen LogP contribution in [0, 0.1) is 17.6 Å². The second kappa shape index (κ2) is 8.72. The molecule has 0 bridgehead atoms. The first-order chi connectivity index (χ1) is 12.1. The molecule has 0 spiro atoms. The van der Waals surface area contributed by atoms with Gasteiger partial charge in [0.2, 0.25) is 5.91 Å². The smallest absolute Gasteiger partial charge is 0.223 e. The van der Waals surface area contributed by atoms with Crippen molar-refractivity contribution in [1.29, 1.82) is 0 Å². The molecule has 4 nitrogen and oxygen atoms in total. The molecule has 2 fully saturated rings. The minimum Gasteiger partial charge on any atom is -0.342 e. The number of rotatable bonds is 6. The minimum atomic E-state index is -0.805. The topological polar surface area (TPSA) is 32.8 Å². The number of carbonyl (C=O) groups excluding carboxylic acids is 1. The van der Waals surface area contributed by atoms with E-state index in [0.717, 1.165) is 57.5 Å². The van der Waals surface area contributed by atoms with E-state index in [9.17, 15) is 13.6 Å². The zero-order valence-corrected chi connectivity index (χ0v) is 14.6. The predicted octanol–water partition coefficient (Wildman–Crippen LogP) is 3.16. The van der Waals surface area contributed by atoms with Crippen molar-refractivity contribution in [1.82, 2.24) is 9.96 Å². The molecule has 1 atom stereocenters. The van der Waals surface area contributed by atoms with Crippen LogP contribution in [-0.4, -0.2) is 48.7 Å². The summed E-state index contributed by atoms with van der Waals surface area (Å²) in [5, 5.41) is 1.88. The second-order valence-electron chi connectivity index (χ2n) is 7.00. The molecule has 0 unspecified atom stereocenters. The largest absolute Gasteiger partial charge is 0.342 e. The van der Waals surface area contributed by atoms with Crippen molar-refractivity contribution < 1.29 is 18.4 Å². The first-order valence-corrected chi connectivity index (χ1v) is 9.21. The van der Waals surface area contributed by atoms with E-state index in [4.69, 9.17) is 4.84 Å². The summed E-state index contributed by atoms with van der Waals surface area (Å²) >= 11 is 0. The Bertz CT molecular complexity index is 591. The van der Waals surface area contributed by atoms with E-state index in [1.807, 2.05) is 9.96 Å². The van der Waals surface area contributed by atoms with Gasteiger partial charge < -0.3 is 4.90 Å². The normalized spacial score (nSPS) is 21.7. The first-order valence-electron chi connectivity index (χ1n) is 9.21. The zero-order valence-electron chi connectivity index (χ0n) is 14.6. The van der Waals surface area contributed by atoms with Gasteiger partial charge in [-0.1, -0.05) is 6.07 Å². The predicted molar refractivity (Wildman–Crippen MR) is 90.7 cm³/mol. The molecule has 25 heavy (non-hydrogen) atoms. The molecule has 2 aliphatic rings. The van der Waals surface area contributed by atoms with Gasteiger partial charge in [0, 0.05) is 32.6 Å². The third-order valence-electron chi connectivity index (χ3n) is 5.10. The van der Waals surface area contributed by atoms with Crippen molar-refractivity contribution in [2.75, 3.05) is 32.8 Å². The lowest BCUT2D eigenvalue weighted by Crippen LogP contribution is -2.41. The van der Waals surface area contributed by atoms with Crippen LogP contribution in [0.5, 0.6) is 0 Å². The molecule has 1 amide bonds. The highest BCUT2D eigenvalue weighted by Gasteiger charge is 2.24. The molecule has 3 rings (SSSR count). The van der Waals surface area contributed by atoms with Crippen LogP contribution in [0.4, 0.5) is 8.78 Å². The first kappa shape index (κ1) is 18.3. The van der Waals surface area contributed by atoms with Gasteiger partial charge in [-0.2, -0.15) is 5.06 Å². The minimum absolute atomic E-state index is 0.188. The summed E-state index contributed by atoms with van der Waals surface area (Å²) in [5.41, 5.74) is 0.813. The Balaban J connectivity index is 1.43. The summed E-state index contributed by atoms with van der Waals surface area (Å²) in [4.78, 5) is 19.8. The number of hydroxylamine groups is 2. The average Bonchev–Trinajstić information content (AvgIpc) is 3.14. The number of nitrogens with zero attached hydrogens (tertiary/aromatic N) is 2. The fourth-order valence-corrected chi connectivity index (χ4v) is 3.65. The number of hydrogen-bond acceptors (Lipinski definition) is 3. The van der Waals surface area contributed by atoms with Crippen LogP contribution in [-0.2, 0) is 16.1 Å². The Morgan fingerprint density at radius 1 is 1.20 bits per heavy atom. The van der Waals surface area contributed by atoms with Gasteiger partial charge in [-0.3, -0.25) is 9.63 Å². The monoisotopic (exact) mass is 352 g/mol. The van der Waals surface area contributed by atoms with Crippen LogP contribution in [0.3, 0.4) is 0 Å². The maximum absolute atomic E-state index is 13.3. The van der Waals surface area contributed by atoms with Crippen molar-refractivity contribution in [2.24, 2.45) is 5.92 Å². The SMILES string of the molecule is O=C(CCN1CCCO1)N1CCC[C@@H](CCc2ccc(F)c(F)c2)C1. The van der Waals surface area contributed by atoms with E-state index < -0.39 is 11.6 Å². The summed E-state index contributed by atoms with van der Waals surface area (Å²) in [6, 6.07) is 4.10. The van der Waals surface area contributed by atoms with Crippen molar-refractivity contribution in [3.8, 4) is 0 Å². The van der Waals surface area contributed by atoms with E-state index in [2.05, 4.69) is 0 Å². The number of aryl methyl sites for hydroxylation is 1. The van der Waals surface area contributed by atoms with E-state index in [0.29, 0.717) is 25.3 Å². The van der Waals surface area contributed by atoms with Gasteiger partial charge in [0.25, 0.3) is 0 Å². The van der Waals surface area contributed by atoms with Crippen molar-refractivity contribution >= 4 is 5.91 Å². The van der Waals surface area contributed by atoms with Crippen LogP contribution in [0.2, 0.25) is 0 Å². The van der Waals surface area contributed by atoms with Crippen LogP contribution < -0.4 is 0 Å². The Morgan fingerprint density at radius 2 is 2.08 bits per heavy atom. The molecule has 0 N–H and O–H groups in total. The molecule has 0 aromatic heterocycles. The highest BCUT2D eigenvalue weighted by Crippen LogP contribution is 2.23. The van der Waals surface area contributed by atoms with Gasteiger partial charge >= 0.3 is 0 Å². The van der Waals surface area contributed by atoms with Gasteiger partial charge in [0.05, 0.1) is 6.61 Å². The third-order valence-corrected chi connectivity index (χ3v) is 5.10. The average molecular weight is 352 g/mol. The van der Waals surface area contributed by atoms with E-state index in [-0.39, 0.29) is 5.91 Å². The summed E-state index contributed by atoms with van der Waals surface area (Å²) < 4.78 is 26.3. The molecular weight excluding hydrogens is 326 g/mol. The number of piperidine rings is 1. The quantitative estimate of drug-likeness (QED) is 0.788. The molecule has 6 heteroatoms. The van der Waals surface area contributed by atoms with Gasteiger partial charge in [0.1, 0.15) is 0 Å². The Morgan fingerprint density at radius 3 is 2.84 bits per heavy atom. The third kappa shape index (κ3) is 5.22. The maximum atomic E-state index is 13.3. The highest BCUT2D eigenvalue weighted by molar-refractivity contribution is 5.76. The van der Waals surface area contributed by atoms with Crippen molar-refractivity contribution in [2.45, 2.75) is 38.5 Å². The second-order valence-corrected chi connectivity index (χ2v) is 7.00. The number of benzene rings is 1. The lowest BCUT2D eigenvalue weighted by molar-refractivity contribution is -0.140. The van der Waals surface area contributed by atoms with Crippen molar-refractivity contribution in [3.63, 3.8) is 0 Å². The lowest BCUT2D eigenvalue weighted by atomic mass is 9.91. The number of halogens is 2. The van der Waals surface area contributed by atoms with Crippen LogP contribution in [0.1, 0.15) is 37.7 Å². The summed E-state index contributed by atoms with van der Waals surface area (Å²) in [6.45, 7) is 3.91. The van der Waals surface area contributed by atoms with Crippen LogP contribution in [0.25, 0.3) is 0 Å². The molecule has 2 heterocycles. The Kier molecular flexibility index (Phi) is 6.37. The number of likely N-dealkylation sites (tertiary alicyclic amines) is 1. The number of carbonyl (C=O) groups is 1. The lowest BCUT2D eigenvalue weighted by Gasteiger charge is -2.33. The molecule has 2 aliphatic heterocycles. The summed E-state index contributed by atoms with van der Waals surface area (Å²) in [6.07, 6.45) is 5.23.